The average molecular weight is 282 g/mol. The Bertz CT molecular complexity index is 330. The van der Waals surface area contributed by atoms with Gasteiger partial charge in [0.1, 0.15) is 0 Å². The molecule has 0 radical (unpaired) electrons. The van der Waals surface area contributed by atoms with Gasteiger partial charge in [0.2, 0.25) is 0 Å². The number of hydrogen-bond donors (Lipinski definition) is 0. The van der Waals surface area contributed by atoms with Crippen LogP contribution in [0.5, 0.6) is 0 Å². The first-order valence-electron chi connectivity index (χ1n) is 3.01. The first-order chi connectivity index (χ1) is 5.70. The summed E-state index contributed by atoms with van der Waals surface area (Å²) in [5.74, 6) is 2.33. The topological polar surface area (TPSA) is 25.8 Å². The van der Waals surface area contributed by atoms with Crippen molar-refractivity contribution in [2.75, 3.05) is 0 Å². The van der Waals surface area contributed by atoms with Gasteiger partial charge in [0.25, 0.3) is 0 Å². The molecule has 0 spiro atoms. The zero-order valence-electron chi connectivity index (χ0n) is 6.18. The van der Waals surface area contributed by atoms with E-state index in [0.717, 1.165) is 5.56 Å². The predicted octanol–water partition coefficient (Wildman–Crippen LogP) is 2.37. The van der Waals surface area contributed by atoms with Crippen molar-refractivity contribution in [3.63, 3.8) is 0 Å². The molecule has 64 valence electrons. The number of nitrogens with zero attached hydrogens (tertiary/aromatic N) is 2. The SMILES string of the molecule is Cc1cncnc1C#CI(F)F. The molecule has 1 heterocycles. The Kier molecular flexibility index (Phi) is 3.34. The molecule has 0 unspecified atom stereocenters. The molecule has 0 N–H and O–H groups in total. The molecule has 5 heteroatoms. The number of hydrogen-bond acceptors (Lipinski definition) is 2. The van der Waals surface area contributed by atoms with Gasteiger partial charge >= 0.3 is 77.2 Å². The van der Waals surface area contributed by atoms with Gasteiger partial charge < -0.3 is 0 Å². The van der Waals surface area contributed by atoms with Crippen LogP contribution in [0, 0.1) is 16.8 Å². The summed E-state index contributed by atoms with van der Waals surface area (Å²) in [7, 11) is 0. The van der Waals surface area contributed by atoms with E-state index >= 15 is 0 Å². The van der Waals surface area contributed by atoms with E-state index in [4.69, 9.17) is 0 Å². The van der Waals surface area contributed by atoms with E-state index in [1.807, 2.05) is 3.93 Å². The fourth-order valence-corrected chi connectivity index (χ4v) is 1.07. The summed E-state index contributed by atoms with van der Waals surface area (Å²) in [6, 6.07) is 0. The van der Waals surface area contributed by atoms with Crippen molar-refractivity contribution in [3.05, 3.63) is 23.8 Å². The second-order valence-corrected chi connectivity index (χ2v) is 3.63. The zero-order valence-corrected chi connectivity index (χ0v) is 8.34. The molecule has 0 amide bonds. The molecule has 0 aromatic carbocycles. The summed E-state index contributed by atoms with van der Waals surface area (Å²) in [5.41, 5.74) is 1.12. The van der Waals surface area contributed by atoms with Gasteiger partial charge in [-0.2, -0.15) is 0 Å². The molecule has 0 saturated heterocycles. The monoisotopic (exact) mass is 282 g/mol. The number of halogens is 3. The van der Waals surface area contributed by atoms with Crippen LogP contribution in [0.3, 0.4) is 0 Å². The molecule has 0 aliphatic carbocycles. The van der Waals surface area contributed by atoms with Crippen LogP contribution in [0.25, 0.3) is 0 Å². The molecular formula is C7H5F2IN2. The third kappa shape index (κ3) is 2.70. The third-order valence-corrected chi connectivity index (χ3v) is 1.81. The zero-order chi connectivity index (χ0) is 8.97. The van der Waals surface area contributed by atoms with Crippen LogP contribution >= 0.6 is 21.0 Å². The van der Waals surface area contributed by atoms with Gasteiger partial charge in [-0.05, 0) is 0 Å². The third-order valence-electron chi connectivity index (χ3n) is 1.13. The first-order valence-corrected chi connectivity index (χ1v) is 5.72. The molecular weight excluding hydrogens is 277 g/mol. The maximum absolute atomic E-state index is 11.8. The number of aryl methyl sites for hydroxylation is 1. The van der Waals surface area contributed by atoms with Gasteiger partial charge in [0.15, 0.2) is 0 Å². The second-order valence-electron chi connectivity index (χ2n) is 1.97. The van der Waals surface area contributed by atoms with E-state index < -0.39 is 21.0 Å². The summed E-state index contributed by atoms with van der Waals surface area (Å²) in [6.07, 6.45) is 2.85. The number of aromatic nitrogens is 2. The summed E-state index contributed by atoms with van der Waals surface area (Å²) < 4.78 is 25.5. The molecule has 1 rings (SSSR count). The molecule has 1 aromatic heterocycles. The summed E-state index contributed by atoms with van der Waals surface area (Å²) in [5, 5.41) is 0. The van der Waals surface area contributed by atoms with E-state index in [1.54, 1.807) is 13.1 Å². The van der Waals surface area contributed by atoms with E-state index in [0.29, 0.717) is 5.69 Å². The van der Waals surface area contributed by atoms with Crippen molar-refractivity contribution in [1.82, 2.24) is 9.97 Å². The average Bonchev–Trinajstić information content (AvgIpc) is 2.03. The van der Waals surface area contributed by atoms with Crippen molar-refractivity contribution in [2.45, 2.75) is 6.92 Å². The Morgan fingerprint density at radius 3 is 2.83 bits per heavy atom. The molecule has 12 heavy (non-hydrogen) atoms. The minimum atomic E-state index is -3.93. The van der Waals surface area contributed by atoms with Gasteiger partial charge in [-0.15, -0.1) is 0 Å². The van der Waals surface area contributed by atoms with Gasteiger partial charge in [-0.25, -0.2) is 0 Å². The van der Waals surface area contributed by atoms with Crippen LogP contribution in [0.2, 0.25) is 0 Å². The molecule has 0 aliphatic heterocycles. The van der Waals surface area contributed by atoms with E-state index in [-0.39, 0.29) is 0 Å². The molecule has 0 saturated carbocycles. The van der Waals surface area contributed by atoms with Crippen LogP contribution in [0.4, 0.5) is 5.72 Å². The van der Waals surface area contributed by atoms with Crippen molar-refractivity contribution >= 4 is 21.0 Å². The summed E-state index contributed by atoms with van der Waals surface area (Å²) >= 11 is -3.93. The fourth-order valence-electron chi connectivity index (χ4n) is 0.610. The predicted molar refractivity (Wildman–Crippen MR) is 49.9 cm³/mol. The van der Waals surface area contributed by atoms with Gasteiger partial charge in [0.05, 0.1) is 0 Å². The van der Waals surface area contributed by atoms with Gasteiger partial charge in [-0.1, -0.05) is 0 Å². The standard InChI is InChI=1S/C7H5F2IN2/c1-6-4-11-5-12-7(6)2-3-10(8)9/h4-5H,1H3. The maximum atomic E-state index is 11.8. The Balaban J connectivity index is 2.92. The fraction of sp³-hybridized carbons (Fsp3) is 0.143. The van der Waals surface area contributed by atoms with Crippen molar-refractivity contribution < 1.29 is 5.72 Å². The summed E-state index contributed by atoms with van der Waals surface area (Å²) in [6.45, 7) is 1.74. The molecule has 0 aliphatic rings. The summed E-state index contributed by atoms with van der Waals surface area (Å²) in [4.78, 5) is 7.48. The van der Waals surface area contributed by atoms with Crippen LogP contribution < -0.4 is 0 Å². The minimum absolute atomic E-state index is 0.391. The first kappa shape index (κ1) is 9.32. The van der Waals surface area contributed by atoms with Crippen LogP contribution in [0.15, 0.2) is 12.5 Å². The van der Waals surface area contributed by atoms with Crippen LogP contribution in [-0.2, 0) is 0 Å². The number of rotatable bonds is 0. The van der Waals surface area contributed by atoms with E-state index in [9.17, 15) is 5.72 Å². The Morgan fingerprint density at radius 1 is 1.50 bits per heavy atom. The molecule has 0 bridgehead atoms. The Morgan fingerprint density at radius 2 is 2.25 bits per heavy atom. The van der Waals surface area contributed by atoms with Crippen LogP contribution in [-0.4, -0.2) is 9.97 Å². The van der Waals surface area contributed by atoms with Gasteiger partial charge in [-0.3, -0.25) is 0 Å². The normalized spacial score (nSPS) is 10.1. The Hall–Kier alpha value is -0.770. The molecule has 0 fully saturated rings. The van der Waals surface area contributed by atoms with E-state index in [1.165, 1.54) is 6.33 Å². The molecule has 0 atom stereocenters. The second kappa shape index (κ2) is 4.30. The van der Waals surface area contributed by atoms with Crippen molar-refractivity contribution in [3.8, 4) is 9.85 Å². The quantitative estimate of drug-likeness (QED) is 0.539. The van der Waals surface area contributed by atoms with Crippen molar-refractivity contribution in [2.24, 2.45) is 0 Å². The van der Waals surface area contributed by atoms with Crippen molar-refractivity contribution in [1.29, 1.82) is 0 Å². The Labute approximate surface area is 77.4 Å². The van der Waals surface area contributed by atoms with Gasteiger partial charge in [0, 0.05) is 0 Å². The van der Waals surface area contributed by atoms with E-state index in [2.05, 4.69) is 15.9 Å². The molecule has 2 nitrogen and oxygen atoms in total. The molecule has 1 aromatic rings. The van der Waals surface area contributed by atoms with Crippen LogP contribution in [0.1, 0.15) is 11.3 Å².